The molecule has 6 rings (SSSR count). The molecule has 0 aromatic carbocycles. The third-order valence-corrected chi connectivity index (χ3v) is 7.98. The number of piperidine rings is 1. The van der Waals surface area contributed by atoms with Crippen molar-refractivity contribution in [3.8, 4) is 0 Å². The van der Waals surface area contributed by atoms with Crippen molar-refractivity contribution >= 4 is 23.4 Å². The zero-order valence-electron chi connectivity index (χ0n) is 18.8. The van der Waals surface area contributed by atoms with Crippen LogP contribution >= 0.6 is 0 Å². The van der Waals surface area contributed by atoms with Crippen LogP contribution in [-0.4, -0.2) is 51.9 Å². The van der Waals surface area contributed by atoms with Crippen LogP contribution in [0.5, 0.6) is 0 Å². The molecule has 32 heavy (non-hydrogen) atoms. The fourth-order valence-corrected chi connectivity index (χ4v) is 5.60. The number of fused-ring (bicyclic) bond motifs is 1. The van der Waals surface area contributed by atoms with Gasteiger partial charge in [0.05, 0.1) is 18.1 Å². The highest BCUT2D eigenvalue weighted by Gasteiger charge is 2.40. The molecular formula is C25H32N6O. The number of aromatic nitrogens is 3. The number of carbonyl (C=O) groups excluding carboxylic acids is 1. The molecule has 4 aliphatic rings. The van der Waals surface area contributed by atoms with Gasteiger partial charge in [-0.15, -0.1) is 0 Å². The van der Waals surface area contributed by atoms with Gasteiger partial charge in [0.25, 0.3) is 0 Å². The average Bonchev–Trinajstić information content (AvgIpc) is 3.60. The molecule has 2 aliphatic carbocycles. The van der Waals surface area contributed by atoms with Crippen LogP contribution in [0, 0.1) is 11.8 Å². The second kappa shape index (κ2) is 8.01. The molecule has 0 radical (unpaired) electrons. The highest BCUT2D eigenvalue weighted by atomic mass is 16.2. The van der Waals surface area contributed by atoms with Crippen molar-refractivity contribution in [2.24, 2.45) is 11.8 Å². The lowest BCUT2D eigenvalue weighted by atomic mass is 9.77. The summed E-state index contributed by atoms with van der Waals surface area (Å²) < 4.78 is 0. The van der Waals surface area contributed by atoms with E-state index in [0.717, 1.165) is 74.0 Å². The molecule has 168 valence electrons. The summed E-state index contributed by atoms with van der Waals surface area (Å²) in [7, 11) is 0. The van der Waals surface area contributed by atoms with Gasteiger partial charge in [0.2, 0.25) is 5.91 Å². The Morgan fingerprint density at radius 1 is 0.906 bits per heavy atom. The van der Waals surface area contributed by atoms with Crippen molar-refractivity contribution in [3.63, 3.8) is 0 Å². The molecule has 2 aromatic heterocycles. The van der Waals surface area contributed by atoms with Crippen LogP contribution in [0.1, 0.15) is 68.5 Å². The van der Waals surface area contributed by atoms with Crippen molar-refractivity contribution in [3.05, 3.63) is 35.8 Å². The van der Waals surface area contributed by atoms with E-state index in [9.17, 15) is 4.79 Å². The molecule has 2 saturated heterocycles. The Bertz CT molecular complexity index is 984. The molecule has 0 bridgehead atoms. The monoisotopic (exact) mass is 432 g/mol. The minimum Gasteiger partial charge on any atom is -0.356 e. The fourth-order valence-electron chi connectivity index (χ4n) is 5.60. The Morgan fingerprint density at radius 2 is 1.66 bits per heavy atom. The topological polar surface area (TPSA) is 74.2 Å². The zero-order chi connectivity index (χ0) is 21.7. The number of hydrogen-bond donors (Lipinski definition) is 1. The Balaban J connectivity index is 1.25. The van der Waals surface area contributed by atoms with E-state index in [1.165, 1.54) is 31.2 Å². The number of rotatable bonds is 5. The molecule has 2 unspecified atom stereocenters. The summed E-state index contributed by atoms with van der Waals surface area (Å²) in [6, 6.07) is 4.48. The van der Waals surface area contributed by atoms with Crippen molar-refractivity contribution in [1.82, 2.24) is 19.9 Å². The largest absolute Gasteiger partial charge is 0.356 e. The maximum Gasteiger partial charge on any atom is 0.219 e. The molecule has 2 aromatic rings. The summed E-state index contributed by atoms with van der Waals surface area (Å²) in [6.07, 6.45) is 10.9. The maximum atomic E-state index is 11.8. The van der Waals surface area contributed by atoms with E-state index in [2.05, 4.69) is 32.3 Å². The fraction of sp³-hybridized carbons (Fsp3) is 0.600. The van der Waals surface area contributed by atoms with E-state index < -0.39 is 0 Å². The van der Waals surface area contributed by atoms with E-state index in [4.69, 9.17) is 4.98 Å². The minimum absolute atomic E-state index is 0.182. The molecule has 7 nitrogen and oxygen atoms in total. The molecule has 2 atom stereocenters. The Kier molecular flexibility index (Phi) is 5.00. The molecule has 7 heteroatoms. The van der Waals surface area contributed by atoms with Gasteiger partial charge in [-0.3, -0.25) is 9.78 Å². The smallest absolute Gasteiger partial charge is 0.219 e. The number of carbonyl (C=O) groups is 1. The quantitative estimate of drug-likeness (QED) is 0.768. The molecule has 1 amide bonds. The number of anilines is 3. The Morgan fingerprint density at radius 3 is 2.25 bits per heavy atom. The van der Waals surface area contributed by atoms with Gasteiger partial charge in [-0.2, -0.15) is 0 Å². The highest BCUT2D eigenvalue weighted by molar-refractivity contribution is 5.73. The maximum absolute atomic E-state index is 11.8. The van der Waals surface area contributed by atoms with Gasteiger partial charge in [0, 0.05) is 39.0 Å². The van der Waals surface area contributed by atoms with Crippen LogP contribution in [0.15, 0.2) is 24.5 Å². The predicted molar refractivity (Wildman–Crippen MR) is 124 cm³/mol. The second-order valence-electron chi connectivity index (χ2n) is 10.2. The van der Waals surface area contributed by atoms with Crippen LogP contribution in [0.2, 0.25) is 0 Å². The Labute approximate surface area is 189 Å². The lowest BCUT2D eigenvalue weighted by Gasteiger charge is -2.32. The van der Waals surface area contributed by atoms with Crippen LogP contribution in [0.25, 0.3) is 0 Å². The predicted octanol–water partition coefficient (Wildman–Crippen LogP) is 4.06. The first kappa shape index (κ1) is 19.9. The average molecular weight is 433 g/mol. The number of hydrogen-bond acceptors (Lipinski definition) is 6. The van der Waals surface area contributed by atoms with E-state index in [1.54, 1.807) is 6.92 Å². The summed E-state index contributed by atoms with van der Waals surface area (Å²) in [5, 5.41) is 3.42. The minimum atomic E-state index is 0.182. The van der Waals surface area contributed by atoms with Gasteiger partial charge in [-0.25, -0.2) is 9.97 Å². The second-order valence-corrected chi connectivity index (χ2v) is 10.2. The lowest BCUT2D eigenvalue weighted by Crippen LogP contribution is -2.36. The van der Waals surface area contributed by atoms with Gasteiger partial charge < -0.3 is 15.1 Å². The molecule has 1 N–H and O–H groups in total. The van der Waals surface area contributed by atoms with Crippen LogP contribution in [-0.2, 0) is 4.79 Å². The van der Waals surface area contributed by atoms with E-state index >= 15 is 0 Å². The third-order valence-electron chi connectivity index (χ3n) is 7.98. The molecule has 2 saturated carbocycles. The molecule has 4 heterocycles. The van der Waals surface area contributed by atoms with E-state index in [-0.39, 0.29) is 5.91 Å². The van der Waals surface area contributed by atoms with Crippen LogP contribution in [0.3, 0.4) is 0 Å². The van der Waals surface area contributed by atoms with Crippen LogP contribution in [0.4, 0.5) is 17.5 Å². The number of pyridine rings is 1. The summed E-state index contributed by atoms with van der Waals surface area (Å²) in [4.78, 5) is 30.4. The lowest BCUT2D eigenvalue weighted by molar-refractivity contribution is -0.129. The molecular weight excluding hydrogens is 400 g/mol. The van der Waals surface area contributed by atoms with Gasteiger partial charge in [-0.05, 0) is 74.0 Å². The summed E-state index contributed by atoms with van der Waals surface area (Å²) >= 11 is 0. The van der Waals surface area contributed by atoms with Gasteiger partial charge in [-0.1, -0.05) is 0 Å². The van der Waals surface area contributed by atoms with Gasteiger partial charge in [0.1, 0.15) is 17.5 Å². The van der Waals surface area contributed by atoms with E-state index in [1.807, 2.05) is 17.3 Å². The first-order valence-corrected chi connectivity index (χ1v) is 12.2. The summed E-state index contributed by atoms with van der Waals surface area (Å²) in [6.45, 7) is 5.59. The van der Waals surface area contributed by atoms with Crippen molar-refractivity contribution in [2.45, 2.75) is 57.3 Å². The summed E-state index contributed by atoms with van der Waals surface area (Å²) in [5.41, 5.74) is 2.42. The SMILES string of the molecule is CC(=O)N1CCC(c2cc(Nc3cnc(C4CC4)cn3)nc(N3CC4CCC4C3)c2)CC1. The number of likely N-dealkylation sites (tertiary alicyclic amines) is 1. The van der Waals surface area contributed by atoms with Gasteiger partial charge in [0.15, 0.2) is 0 Å². The van der Waals surface area contributed by atoms with Crippen molar-refractivity contribution in [2.75, 3.05) is 36.4 Å². The normalized spacial score (nSPS) is 25.4. The highest BCUT2D eigenvalue weighted by Crippen LogP contribution is 2.43. The van der Waals surface area contributed by atoms with Crippen molar-refractivity contribution in [1.29, 1.82) is 0 Å². The van der Waals surface area contributed by atoms with Crippen molar-refractivity contribution < 1.29 is 4.79 Å². The number of nitrogens with one attached hydrogen (secondary N) is 1. The zero-order valence-corrected chi connectivity index (χ0v) is 18.8. The summed E-state index contributed by atoms with van der Waals surface area (Å²) in [5.74, 6) is 5.61. The number of amides is 1. The van der Waals surface area contributed by atoms with Crippen LogP contribution < -0.4 is 10.2 Å². The molecule has 4 fully saturated rings. The third kappa shape index (κ3) is 3.93. The molecule has 0 spiro atoms. The Hall–Kier alpha value is -2.70. The first-order valence-electron chi connectivity index (χ1n) is 12.2. The standard InChI is InChI=1S/C25H32N6O/c1-16(32)30-8-6-17(7-9-30)21-10-23(28-24-13-26-22(12-27-24)18-2-3-18)29-25(11-21)31-14-19-4-5-20(19)15-31/h10-13,17-20H,2-9,14-15H2,1H3,(H,27,28,29). The van der Waals surface area contributed by atoms with E-state index in [0.29, 0.717) is 11.8 Å². The van der Waals surface area contributed by atoms with Gasteiger partial charge >= 0.3 is 0 Å². The first-order chi connectivity index (χ1) is 15.6. The number of nitrogens with zero attached hydrogens (tertiary/aromatic N) is 5. The molecule has 2 aliphatic heterocycles.